The average molecular weight is 228 g/mol. The van der Waals surface area contributed by atoms with E-state index in [2.05, 4.69) is 31.1 Å². The van der Waals surface area contributed by atoms with Gasteiger partial charge in [-0.1, -0.05) is 0 Å². The number of aryl methyl sites for hydroxylation is 1. The van der Waals surface area contributed by atoms with E-state index >= 15 is 0 Å². The van der Waals surface area contributed by atoms with Gasteiger partial charge >= 0.3 is 0 Å². The molecule has 0 aliphatic rings. The minimum absolute atomic E-state index is 0.893. The molecule has 0 radical (unpaired) electrons. The maximum absolute atomic E-state index is 3.85. The molecule has 0 unspecified atom stereocenters. The largest absolute Gasteiger partial charge is 0.201 e. The molecule has 0 fully saturated rings. The van der Waals surface area contributed by atoms with E-state index in [0.29, 0.717) is 0 Å². The van der Waals surface area contributed by atoms with E-state index in [4.69, 9.17) is 0 Å². The summed E-state index contributed by atoms with van der Waals surface area (Å²) in [6, 6.07) is 5.79. The van der Waals surface area contributed by atoms with Gasteiger partial charge in [-0.25, -0.2) is 9.36 Å². The Balaban J connectivity index is 2.06. The summed E-state index contributed by atoms with van der Waals surface area (Å²) in [6.07, 6.45) is 3.10. The van der Waals surface area contributed by atoms with Crippen LogP contribution in [0.5, 0.6) is 0 Å². The lowest BCUT2D eigenvalue weighted by Crippen LogP contribution is -2.01. The molecule has 2 heterocycles. The van der Waals surface area contributed by atoms with Crippen LogP contribution >= 0.6 is 0 Å². The van der Waals surface area contributed by atoms with Crippen molar-refractivity contribution < 1.29 is 0 Å². The number of benzene rings is 1. The molecule has 17 heavy (non-hydrogen) atoms. The molecule has 0 saturated heterocycles. The molecule has 0 aliphatic heterocycles. The van der Waals surface area contributed by atoms with Crippen LogP contribution in [-0.2, 0) is 0 Å². The average Bonchev–Trinajstić information content (AvgIpc) is 3.02. The Labute approximate surface area is 95.9 Å². The quantitative estimate of drug-likeness (QED) is 0.611. The van der Waals surface area contributed by atoms with Gasteiger partial charge in [0.15, 0.2) is 0 Å². The lowest BCUT2D eigenvalue weighted by molar-refractivity contribution is 0.776. The molecule has 0 atom stereocenters. The van der Waals surface area contributed by atoms with Crippen molar-refractivity contribution in [3.05, 3.63) is 36.4 Å². The van der Waals surface area contributed by atoms with Crippen molar-refractivity contribution in [2.24, 2.45) is 0 Å². The van der Waals surface area contributed by atoms with Crippen LogP contribution in [0.3, 0.4) is 0 Å². The fourth-order valence-electron chi connectivity index (χ4n) is 1.59. The summed E-state index contributed by atoms with van der Waals surface area (Å²) in [5, 5.41) is 22.1. The molecule has 84 valence electrons. The Hall–Kier alpha value is -2.64. The first-order chi connectivity index (χ1) is 8.34. The van der Waals surface area contributed by atoms with Gasteiger partial charge in [-0.15, -0.1) is 10.2 Å². The van der Waals surface area contributed by atoms with Crippen molar-refractivity contribution in [2.75, 3.05) is 0 Å². The number of hydrogen-bond acceptors (Lipinski definition) is 6. The first kappa shape index (κ1) is 9.58. The first-order valence-electron chi connectivity index (χ1n) is 4.92. The summed E-state index contributed by atoms with van der Waals surface area (Å²) in [5.74, 6) is 0. The van der Waals surface area contributed by atoms with Crippen molar-refractivity contribution in [3.63, 3.8) is 0 Å². The highest BCUT2D eigenvalue weighted by Crippen LogP contribution is 2.16. The molecule has 3 rings (SSSR count). The van der Waals surface area contributed by atoms with Crippen LogP contribution in [-0.4, -0.2) is 40.4 Å². The summed E-state index contributed by atoms with van der Waals surface area (Å²) in [6.45, 7) is 1.98. The van der Waals surface area contributed by atoms with Crippen molar-refractivity contribution in [1.82, 2.24) is 40.4 Å². The second kappa shape index (κ2) is 3.74. The number of hydrogen-bond donors (Lipinski definition) is 0. The van der Waals surface area contributed by atoms with Crippen LogP contribution in [0.1, 0.15) is 5.56 Å². The van der Waals surface area contributed by atoms with Gasteiger partial charge in [0.05, 0.1) is 11.4 Å². The van der Waals surface area contributed by atoms with E-state index in [-0.39, 0.29) is 0 Å². The first-order valence-corrected chi connectivity index (χ1v) is 4.92. The highest BCUT2D eigenvalue weighted by molar-refractivity contribution is 5.46. The number of aromatic nitrogens is 8. The van der Waals surface area contributed by atoms with Crippen molar-refractivity contribution in [2.45, 2.75) is 6.92 Å². The highest BCUT2D eigenvalue weighted by atomic mass is 15.5. The predicted molar refractivity (Wildman–Crippen MR) is 56.6 cm³/mol. The molecule has 0 aliphatic carbocycles. The minimum Gasteiger partial charge on any atom is -0.201 e. The maximum atomic E-state index is 3.85. The number of nitrogens with zero attached hydrogens (tertiary/aromatic N) is 8. The van der Waals surface area contributed by atoms with Gasteiger partial charge in [0, 0.05) is 0 Å². The lowest BCUT2D eigenvalue weighted by atomic mass is 10.2. The van der Waals surface area contributed by atoms with Crippen LogP contribution in [0.15, 0.2) is 30.9 Å². The Bertz CT molecular complexity index is 613. The molecule has 0 spiro atoms. The van der Waals surface area contributed by atoms with Crippen LogP contribution < -0.4 is 0 Å². The number of tetrazole rings is 2. The molecule has 1 aromatic carbocycles. The van der Waals surface area contributed by atoms with Gasteiger partial charge in [0.25, 0.3) is 0 Å². The summed E-state index contributed by atoms with van der Waals surface area (Å²) >= 11 is 0. The fraction of sp³-hybridized carbons (Fsp3) is 0.111. The molecule has 8 nitrogen and oxygen atoms in total. The summed E-state index contributed by atoms with van der Waals surface area (Å²) in [4.78, 5) is 0. The van der Waals surface area contributed by atoms with E-state index in [0.717, 1.165) is 16.9 Å². The molecule has 0 N–H and O–H groups in total. The van der Waals surface area contributed by atoms with Gasteiger partial charge in [0.1, 0.15) is 12.7 Å². The van der Waals surface area contributed by atoms with E-state index in [1.807, 2.05) is 25.1 Å². The Morgan fingerprint density at radius 1 is 0.941 bits per heavy atom. The standard InChI is InChI=1S/C9H8N8/c1-7-4-8(16-5-10-12-14-16)2-3-9(7)17-6-11-13-15-17/h2-6H,1H3. The molecule has 2 aromatic heterocycles. The van der Waals surface area contributed by atoms with Gasteiger partial charge in [-0.3, -0.25) is 0 Å². The molecular formula is C9H8N8. The monoisotopic (exact) mass is 228 g/mol. The molecule has 3 aromatic rings. The lowest BCUT2D eigenvalue weighted by Gasteiger charge is -2.06. The second-order valence-electron chi connectivity index (χ2n) is 3.48. The van der Waals surface area contributed by atoms with Gasteiger partial charge in [-0.05, 0) is 51.5 Å². The molecule has 0 amide bonds. The van der Waals surface area contributed by atoms with Gasteiger partial charge in [0.2, 0.25) is 0 Å². The summed E-state index contributed by atoms with van der Waals surface area (Å²) in [7, 11) is 0. The van der Waals surface area contributed by atoms with Crippen molar-refractivity contribution in [1.29, 1.82) is 0 Å². The molecule has 0 bridgehead atoms. The van der Waals surface area contributed by atoms with Crippen LogP contribution in [0.4, 0.5) is 0 Å². The zero-order chi connectivity index (χ0) is 11.7. The third-order valence-electron chi connectivity index (χ3n) is 2.39. The van der Waals surface area contributed by atoms with Gasteiger partial charge < -0.3 is 0 Å². The normalized spacial score (nSPS) is 10.6. The van der Waals surface area contributed by atoms with Crippen molar-refractivity contribution >= 4 is 0 Å². The van der Waals surface area contributed by atoms with E-state index < -0.39 is 0 Å². The van der Waals surface area contributed by atoms with Crippen molar-refractivity contribution in [3.8, 4) is 11.4 Å². The third-order valence-corrected chi connectivity index (χ3v) is 2.39. The summed E-state index contributed by atoms with van der Waals surface area (Å²) < 4.78 is 3.20. The smallest absolute Gasteiger partial charge is 0.143 e. The SMILES string of the molecule is Cc1cc(-n2cnnn2)ccc1-n1cnnn1. The highest BCUT2D eigenvalue weighted by Gasteiger charge is 2.05. The predicted octanol–water partition coefficient (Wildman–Crippen LogP) is -0.0536. The minimum atomic E-state index is 0.893. The molecular weight excluding hydrogens is 220 g/mol. The van der Waals surface area contributed by atoms with E-state index in [9.17, 15) is 0 Å². The second-order valence-corrected chi connectivity index (χ2v) is 3.48. The maximum Gasteiger partial charge on any atom is 0.143 e. The third kappa shape index (κ3) is 1.65. The fourth-order valence-corrected chi connectivity index (χ4v) is 1.59. The zero-order valence-electron chi connectivity index (χ0n) is 8.96. The number of rotatable bonds is 2. The summed E-state index contributed by atoms with van der Waals surface area (Å²) in [5.41, 5.74) is 2.85. The van der Waals surface area contributed by atoms with E-state index in [1.165, 1.54) is 0 Å². The van der Waals surface area contributed by atoms with Crippen LogP contribution in [0, 0.1) is 6.92 Å². The van der Waals surface area contributed by atoms with Crippen LogP contribution in [0.2, 0.25) is 0 Å². The zero-order valence-corrected chi connectivity index (χ0v) is 8.96. The Kier molecular flexibility index (Phi) is 2.11. The van der Waals surface area contributed by atoms with E-state index in [1.54, 1.807) is 22.0 Å². The Morgan fingerprint density at radius 2 is 1.65 bits per heavy atom. The molecule has 8 heteroatoms. The molecule has 0 saturated carbocycles. The Morgan fingerprint density at radius 3 is 2.24 bits per heavy atom. The van der Waals surface area contributed by atoms with Gasteiger partial charge in [-0.2, -0.15) is 0 Å². The van der Waals surface area contributed by atoms with Crippen LogP contribution in [0.25, 0.3) is 11.4 Å². The topological polar surface area (TPSA) is 87.2 Å².